The van der Waals surface area contributed by atoms with Crippen LogP contribution in [0.1, 0.15) is 34.7 Å². The van der Waals surface area contributed by atoms with Gasteiger partial charge >= 0.3 is 0 Å². The van der Waals surface area contributed by atoms with Crippen LogP contribution in [-0.4, -0.2) is 47.4 Å². The summed E-state index contributed by atoms with van der Waals surface area (Å²) in [6.07, 6.45) is 4.62. The van der Waals surface area contributed by atoms with E-state index < -0.39 is 0 Å². The quantitative estimate of drug-likeness (QED) is 0.505. The van der Waals surface area contributed by atoms with Gasteiger partial charge in [-0.1, -0.05) is 12.1 Å². The molecule has 2 amide bonds. The van der Waals surface area contributed by atoms with Crippen LogP contribution in [-0.2, 0) is 22.6 Å². The third-order valence-corrected chi connectivity index (χ3v) is 5.36. The largest absolute Gasteiger partial charge is 0.467 e. The molecule has 0 bridgehead atoms. The highest BCUT2D eigenvalue weighted by molar-refractivity contribution is 5.94. The van der Waals surface area contributed by atoms with Gasteiger partial charge in [0.15, 0.2) is 5.76 Å². The Morgan fingerprint density at radius 2 is 1.75 bits per heavy atom. The summed E-state index contributed by atoms with van der Waals surface area (Å²) in [6, 6.07) is 12.7. The maximum Gasteiger partial charge on any atom is 0.290 e. The van der Waals surface area contributed by atoms with E-state index in [1.165, 1.54) is 23.3 Å². The Hall–Kier alpha value is -3.39. The second-order valence-corrected chi connectivity index (χ2v) is 7.75. The molecule has 32 heavy (non-hydrogen) atoms. The van der Waals surface area contributed by atoms with Crippen LogP contribution >= 0.6 is 0 Å². The van der Waals surface area contributed by atoms with E-state index in [1.807, 2.05) is 0 Å². The molecule has 168 valence electrons. The van der Waals surface area contributed by atoms with E-state index in [0.717, 1.165) is 18.4 Å². The average Bonchev–Trinajstić information content (AvgIpc) is 3.57. The highest BCUT2D eigenvalue weighted by Gasteiger charge is 2.28. The zero-order valence-electron chi connectivity index (χ0n) is 17.6. The molecule has 3 aromatic rings. The molecule has 1 aromatic carbocycles. The minimum atomic E-state index is -0.362. The van der Waals surface area contributed by atoms with Crippen molar-refractivity contribution in [1.82, 2.24) is 9.80 Å². The summed E-state index contributed by atoms with van der Waals surface area (Å²) in [6.45, 7) is 1.29. The molecule has 4 rings (SSSR count). The maximum absolute atomic E-state index is 13.3. The number of carbonyl (C=O) groups is 2. The number of carbonyl (C=O) groups excluding carboxylic acids is 2. The Morgan fingerprint density at radius 1 is 0.969 bits per heavy atom. The van der Waals surface area contributed by atoms with Crippen molar-refractivity contribution in [3.05, 3.63) is 84.0 Å². The highest BCUT2D eigenvalue weighted by Crippen LogP contribution is 2.17. The third-order valence-electron chi connectivity index (χ3n) is 5.36. The Balaban J connectivity index is 1.52. The number of amides is 2. The molecule has 1 saturated heterocycles. The summed E-state index contributed by atoms with van der Waals surface area (Å²) in [5.41, 5.74) is 0.773. The number of rotatable bonds is 9. The number of halogens is 1. The maximum atomic E-state index is 13.3. The van der Waals surface area contributed by atoms with Gasteiger partial charge in [0.1, 0.15) is 18.1 Å². The van der Waals surface area contributed by atoms with Crippen LogP contribution in [0.25, 0.3) is 0 Å². The number of ether oxygens (including phenoxy) is 1. The Labute approximate surface area is 185 Å². The van der Waals surface area contributed by atoms with Crippen molar-refractivity contribution in [3.63, 3.8) is 0 Å². The Bertz CT molecular complexity index is 996. The van der Waals surface area contributed by atoms with E-state index in [4.69, 9.17) is 13.6 Å². The Kier molecular flexibility index (Phi) is 7.01. The predicted molar refractivity (Wildman–Crippen MR) is 113 cm³/mol. The smallest absolute Gasteiger partial charge is 0.290 e. The second-order valence-electron chi connectivity index (χ2n) is 7.75. The van der Waals surface area contributed by atoms with Crippen LogP contribution in [0.4, 0.5) is 4.39 Å². The summed E-state index contributed by atoms with van der Waals surface area (Å²) >= 11 is 0. The monoisotopic (exact) mass is 440 g/mol. The van der Waals surface area contributed by atoms with E-state index >= 15 is 0 Å². The number of benzene rings is 1. The molecule has 0 radical (unpaired) electrons. The van der Waals surface area contributed by atoms with Gasteiger partial charge in [-0.15, -0.1) is 0 Å². The normalized spacial score (nSPS) is 15.6. The van der Waals surface area contributed by atoms with Crippen molar-refractivity contribution in [2.75, 3.05) is 19.7 Å². The van der Waals surface area contributed by atoms with E-state index in [-0.39, 0.29) is 49.1 Å². The van der Waals surface area contributed by atoms with E-state index in [9.17, 15) is 14.0 Å². The standard InChI is InChI=1S/C24H25FN2O5/c25-19-9-7-18(8-10-19)14-26(15-20-4-1-11-30-20)23(28)17-27(16-21-5-2-12-31-21)24(29)22-6-3-13-32-22/h1,3-4,6-11,13,21H,2,5,12,14-17H2. The van der Waals surface area contributed by atoms with Crippen LogP contribution in [0.5, 0.6) is 0 Å². The molecule has 2 aromatic heterocycles. The lowest BCUT2D eigenvalue weighted by molar-refractivity contribution is -0.133. The molecule has 0 N–H and O–H groups in total. The molecule has 1 aliphatic rings. The summed E-state index contributed by atoms with van der Waals surface area (Å²) in [7, 11) is 0. The highest BCUT2D eigenvalue weighted by atomic mass is 19.1. The van der Waals surface area contributed by atoms with Crippen molar-refractivity contribution in [1.29, 1.82) is 0 Å². The first kappa shape index (κ1) is 21.8. The first-order valence-corrected chi connectivity index (χ1v) is 10.6. The molecular weight excluding hydrogens is 415 g/mol. The molecular formula is C24H25FN2O5. The van der Waals surface area contributed by atoms with Gasteiger partial charge in [-0.05, 0) is 54.8 Å². The number of hydrogen-bond donors (Lipinski definition) is 0. The first-order chi connectivity index (χ1) is 15.6. The molecule has 0 aliphatic carbocycles. The molecule has 7 nitrogen and oxygen atoms in total. The lowest BCUT2D eigenvalue weighted by atomic mass is 10.2. The predicted octanol–water partition coefficient (Wildman–Crippen LogP) is 3.86. The van der Waals surface area contributed by atoms with Gasteiger partial charge in [-0.2, -0.15) is 0 Å². The Morgan fingerprint density at radius 3 is 2.41 bits per heavy atom. The van der Waals surface area contributed by atoms with E-state index in [1.54, 1.807) is 47.6 Å². The van der Waals surface area contributed by atoms with Crippen molar-refractivity contribution in [2.24, 2.45) is 0 Å². The fourth-order valence-electron chi connectivity index (χ4n) is 3.71. The van der Waals surface area contributed by atoms with Gasteiger partial charge in [0.2, 0.25) is 5.91 Å². The van der Waals surface area contributed by atoms with Crippen molar-refractivity contribution < 1.29 is 27.6 Å². The zero-order chi connectivity index (χ0) is 22.3. The lowest BCUT2D eigenvalue weighted by Gasteiger charge is -2.28. The van der Waals surface area contributed by atoms with Crippen LogP contribution < -0.4 is 0 Å². The minimum absolute atomic E-state index is 0.114. The molecule has 8 heteroatoms. The van der Waals surface area contributed by atoms with Gasteiger partial charge in [-0.3, -0.25) is 9.59 Å². The number of furan rings is 2. The van der Waals surface area contributed by atoms with Crippen LogP contribution in [0.15, 0.2) is 69.9 Å². The fourth-order valence-corrected chi connectivity index (χ4v) is 3.71. The fraction of sp³-hybridized carbons (Fsp3) is 0.333. The molecule has 1 aliphatic heterocycles. The molecule has 0 spiro atoms. The van der Waals surface area contributed by atoms with Gasteiger partial charge < -0.3 is 23.4 Å². The third kappa shape index (κ3) is 5.64. The molecule has 1 fully saturated rings. The minimum Gasteiger partial charge on any atom is -0.467 e. The van der Waals surface area contributed by atoms with Gasteiger partial charge in [0.25, 0.3) is 5.91 Å². The zero-order valence-corrected chi connectivity index (χ0v) is 17.6. The molecule has 0 saturated carbocycles. The van der Waals surface area contributed by atoms with Crippen LogP contribution in [0.2, 0.25) is 0 Å². The molecule has 1 atom stereocenters. The van der Waals surface area contributed by atoms with E-state index in [0.29, 0.717) is 18.9 Å². The van der Waals surface area contributed by atoms with Crippen molar-refractivity contribution >= 4 is 11.8 Å². The summed E-state index contributed by atoms with van der Waals surface area (Å²) in [4.78, 5) is 29.4. The molecule has 1 unspecified atom stereocenters. The van der Waals surface area contributed by atoms with Crippen molar-refractivity contribution in [3.8, 4) is 0 Å². The SMILES string of the molecule is O=C(CN(CC1CCCO1)C(=O)c1ccco1)N(Cc1ccc(F)cc1)Cc1ccco1. The summed E-state index contributed by atoms with van der Waals surface area (Å²) in [5.74, 6) is -0.179. The lowest BCUT2D eigenvalue weighted by Crippen LogP contribution is -2.45. The van der Waals surface area contributed by atoms with Gasteiger partial charge in [0, 0.05) is 19.7 Å². The first-order valence-electron chi connectivity index (χ1n) is 10.6. The second kappa shape index (κ2) is 10.3. The average molecular weight is 440 g/mol. The summed E-state index contributed by atoms with van der Waals surface area (Å²) in [5, 5.41) is 0. The number of hydrogen-bond acceptors (Lipinski definition) is 5. The van der Waals surface area contributed by atoms with Gasteiger partial charge in [0.05, 0.1) is 25.2 Å². The van der Waals surface area contributed by atoms with Gasteiger partial charge in [-0.25, -0.2) is 4.39 Å². The topological polar surface area (TPSA) is 76.1 Å². The number of nitrogens with zero attached hydrogens (tertiary/aromatic N) is 2. The van der Waals surface area contributed by atoms with Crippen LogP contribution in [0.3, 0.4) is 0 Å². The van der Waals surface area contributed by atoms with Crippen molar-refractivity contribution in [2.45, 2.75) is 32.0 Å². The summed E-state index contributed by atoms with van der Waals surface area (Å²) < 4.78 is 29.7. The molecule has 3 heterocycles. The van der Waals surface area contributed by atoms with E-state index in [2.05, 4.69) is 0 Å². The van der Waals surface area contributed by atoms with Crippen LogP contribution in [0, 0.1) is 5.82 Å².